The van der Waals surface area contributed by atoms with Gasteiger partial charge in [0.15, 0.2) is 17.4 Å². The van der Waals surface area contributed by atoms with Crippen molar-refractivity contribution in [2.75, 3.05) is 0 Å². The summed E-state index contributed by atoms with van der Waals surface area (Å²) in [5.74, 6) is 0. The first-order valence-electron chi connectivity index (χ1n) is 0.204. The van der Waals surface area contributed by atoms with E-state index in [2.05, 4.69) is 0 Å². The Labute approximate surface area is 42.6 Å². The van der Waals surface area contributed by atoms with Gasteiger partial charge < -0.3 is 4.46 Å². The van der Waals surface area contributed by atoms with Crippen LogP contribution in [0.3, 0.4) is 0 Å². The standard InChI is InChI=1S/Al.Be.OSi.5H/c;;1-2;;;;;. The molecular formula is H5AlBeOSi. The van der Waals surface area contributed by atoms with Crippen LogP contribution in [0.15, 0.2) is 0 Å². The van der Waals surface area contributed by atoms with Crippen molar-refractivity contribution in [2.45, 2.75) is 0 Å². The fraction of sp³-hybridized carbons (Fsp3) is 0. The van der Waals surface area contributed by atoms with E-state index in [1.807, 2.05) is 0 Å². The Kier molecular flexibility index (Phi) is 294. The van der Waals surface area contributed by atoms with Gasteiger partial charge in [-0.05, 0) is 0 Å². The van der Waals surface area contributed by atoms with Crippen LogP contribution in [-0.2, 0) is 4.46 Å². The second-order valence-corrected chi connectivity index (χ2v) is 0. The van der Waals surface area contributed by atoms with E-state index in [1.165, 1.54) is 0 Å². The first-order chi connectivity index (χ1) is 1.00. The molecule has 0 aliphatic heterocycles. The van der Waals surface area contributed by atoms with Gasteiger partial charge in [-0.3, -0.25) is 0 Å². The Morgan fingerprint density at radius 2 is 1.25 bits per heavy atom. The molecule has 0 rings (SSSR count). The summed E-state index contributed by atoms with van der Waals surface area (Å²) in [5, 5.41) is 0. The molecule has 0 fully saturated rings. The molecule has 0 saturated carbocycles. The fourth-order valence-electron chi connectivity index (χ4n) is 0. The number of hydrogen-bond donors (Lipinski definition) is 0. The third-order valence-corrected chi connectivity index (χ3v) is 0. The van der Waals surface area contributed by atoms with E-state index in [0.29, 0.717) is 0 Å². The Hall–Kier alpha value is 0.718. The Morgan fingerprint density at radius 1 is 1.25 bits per heavy atom. The Balaban J connectivity index is -0.00000000500. The van der Waals surface area contributed by atoms with E-state index >= 15 is 0 Å². The van der Waals surface area contributed by atoms with Gasteiger partial charge in [-0.1, -0.05) is 0 Å². The van der Waals surface area contributed by atoms with Gasteiger partial charge in [0.2, 0.25) is 0 Å². The SMILES string of the molecule is O=[Si].[AlH3].[BeH2]. The number of rotatable bonds is 0. The van der Waals surface area contributed by atoms with Gasteiger partial charge in [-0.2, -0.15) is 0 Å². The van der Waals surface area contributed by atoms with Crippen LogP contribution in [0.2, 0.25) is 0 Å². The summed E-state index contributed by atoms with van der Waals surface area (Å²) in [6.45, 7) is 0. The van der Waals surface area contributed by atoms with Crippen molar-refractivity contribution >= 4 is 37.6 Å². The molecule has 0 N–H and O–H groups in total. The van der Waals surface area contributed by atoms with Gasteiger partial charge in [0, 0.05) is 0 Å². The monoisotopic (exact) mass is 85.0 g/mol. The molecule has 0 heterocycles. The van der Waals surface area contributed by atoms with Crippen LogP contribution in [-0.4, -0.2) is 37.6 Å². The second-order valence-electron chi connectivity index (χ2n) is 0. The molecule has 0 aromatic carbocycles. The van der Waals surface area contributed by atoms with E-state index < -0.39 is 0 Å². The maximum atomic E-state index is 8.06. The first kappa shape index (κ1) is 22.1. The third kappa shape index (κ3) is 15.6. The zero-order valence-corrected chi connectivity index (χ0v) is 1.91. The fourth-order valence-corrected chi connectivity index (χ4v) is 0. The molecule has 0 saturated heterocycles. The quantitative estimate of drug-likeness (QED) is 0.295. The van der Waals surface area contributed by atoms with Crippen LogP contribution in [0.5, 0.6) is 0 Å². The van der Waals surface area contributed by atoms with E-state index in [0.717, 1.165) is 0 Å². The molecule has 0 spiro atoms. The first-order valence-corrected chi connectivity index (χ1v) is 0.612. The normalized spacial score (nSPS) is 1.00. The summed E-state index contributed by atoms with van der Waals surface area (Å²) in [5.41, 5.74) is 0. The zero-order valence-electron chi connectivity index (χ0n) is 0.908. The average molecular weight is 85.1 g/mol. The van der Waals surface area contributed by atoms with Crippen molar-refractivity contribution in [3.63, 3.8) is 0 Å². The van der Waals surface area contributed by atoms with Crippen molar-refractivity contribution in [3.05, 3.63) is 0 Å². The average Bonchev–Trinajstić information content (AvgIpc) is 1.00. The van der Waals surface area contributed by atoms with Gasteiger partial charge in [-0.25, -0.2) is 0 Å². The zero-order chi connectivity index (χ0) is 2.00. The summed E-state index contributed by atoms with van der Waals surface area (Å²) in [4.78, 5) is 0. The predicted octanol–water partition coefficient (Wildman–Crippen LogP) is -2.60. The van der Waals surface area contributed by atoms with Crippen LogP contribution in [0.1, 0.15) is 0 Å². The molecule has 1 nitrogen and oxygen atoms in total. The van der Waals surface area contributed by atoms with Gasteiger partial charge in [0.1, 0.15) is 0 Å². The Bertz CT molecular complexity index is 8.00. The maximum absolute atomic E-state index is 8.06. The van der Waals surface area contributed by atoms with E-state index in [1.54, 1.807) is 10.1 Å². The molecule has 0 bridgehead atoms. The summed E-state index contributed by atoms with van der Waals surface area (Å²) < 4.78 is 8.06. The summed E-state index contributed by atoms with van der Waals surface area (Å²) in [7, 11) is 1.72. The molecule has 4 heavy (non-hydrogen) atoms. The molecule has 0 atom stereocenters. The van der Waals surface area contributed by atoms with Crippen molar-refractivity contribution in [3.8, 4) is 0 Å². The van der Waals surface area contributed by atoms with E-state index in [4.69, 9.17) is 4.46 Å². The minimum atomic E-state index is 0. The van der Waals surface area contributed by atoms with Crippen LogP contribution < -0.4 is 0 Å². The Morgan fingerprint density at radius 3 is 1.25 bits per heavy atom. The molecule has 4 heteroatoms. The second kappa shape index (κ2) is 53.3. The van der Waals surface area contributed by atoms with Crippen LogP contribution in [0.4, 0.5) is 0 Å². The van der Waals surface area contributed by atoms with E-state index in [-0.39, 0.29) is 27.5 Å². The molecule has 20 valence electrons. The van der Waals surface area contributed by atoms with Crippen LogP contribution in [0.25, 0.3) is 0 Å². The van der Waals surface area contributed by atoms with Crippen molar-refractivity contribution in [2.24, 2.45) is 0 Å². The molecule has 0 aliphatic carbocycles. The summed E-state index contributed by atoms with van der Waals surface area (Å²) in [6.07, 6.45) is 0. The van der Waals surface area contributed by atoms with Crippen LogP contribution >= 0.6 is 0 Å². The summed E-state index contributed by atoms with van der Waals surface area (Å²) >= 11 is 0. The topological polar surface area (TPSA) is 17.1 Å². The number of hydrogen-bond acceptors (Lipinski definition) is 1. The van der Waals surface area contributed by atoms with Crippen molar-refractivity contribution < 1.29 is 4.46 Å². The van der Waals surface area contributed by atoms with Gasteiger partial charge in [-0.15, -0.1) is 0 Å². The van der Waals surface area contributed by atoms with Gasteiger partial charge in [0.05, 0.1) is 0 Å². The van der Waals surface area contributed by atoms with E-state index in [9.17, 15) is 0 Å². The van der Waals surface area contributed by atoms with Gasteiger partial charge >= 0.3 is 20.3 Å². The molecule has 0 aliphatic rings. The molecule has 0 amide bonds. The molecule has 0 unspecified atom stereocenters. The molecule has 0 aromatic heterocycles. The van der Waals surface area contributed by atoms with Crippen molar-refractivity contribution in [1.29, 1.82) is 0 Å². The molecule has 2 radical (unpaired) electrons. The summed E-state index contributed by atoms with van der Waals surface area (Å²) in [6, 6.07) is 0. The molecular weight excluding hydrogens is 80.1 g/mol. The molecule has 0 aromatic rings. The predicted molar refractivity (Wildman–Crippen MR) is 24.9 cm³/mol. The van der Waals surface area contributed by atoms with Crippen molar-refractivity contribution in [1.82, 2.24) is 0 Å². The van der Waals surface area contributed by atoms with Gasteiger partial charge in [0.25, 0.3) is 0 Å². The third-order valence-electron chi connectivity index (χ3n) is 0. The van der Waals surface area contributed by atoms with Crippen LogP contribution in [0, 0.1) is 0 Å². The minimum absolute atomic E-state index is 0.